The van der Waals surface area contributed by atoms with E-state index in [4.69, 9.17) is 19.3 Å². The Kier molecular flexibility index (Phi) is 50.8. The quantitative estimate of drug-likeness (QED) is 0.233. The number of aliphatic hydroxyl groups excluding tert-OH is 1. The molecule has 1 radical (unpaired) electrons. The van der Waals surface area contributed by atoms with Crippen LogP contribution in [0.25, 0.3) is 0 Å². The van der Waals surface area contributed by atoms with Crippen LogP contribution in [0.2, 0.25) is 0 Å². The maximum absolute atomic E-state index is 10.4. The minimum atomic E-state index is -0.216. The van der Waals surface area contributed by atoms with E-state index >= 15 is 0 Å². The molecule has 0 aliphatic heterocycles. The van der Waals surface area contributed by atoms with Crippen LogP contribution in [0, 0.1) is 0 Å². The van der Waals surface area contributed by atoms with E-state index in [9.17, 15) is 28.8 Å². The molecular formula is C20H33O10Zr. The minimum Gasteiger partial charge on any atom is -0.541 e. The second-order valence-electron chi connectivity index (χ2n) is 4.81. The average Bonchev–Trinajstić information content (AvgIpc) is 2.71. The fourth-order valence-electron chi connectivity index (χ4n) is 1.04. The van der Waals surface area contributed by atoms with E-state index < -0.39 is 0 Å². The molecule has 10 nitrogen and oxygen atoms in total. The molecule has 0 heterocycles. The summed E-state index contributed by atoms with van der Waals surface area (Å²) in [6.45, 7) is 8.91. The average molecular weight is 525 g/mol. The predicted octanol–water partition coefficient (Wildman–Crippen LogP) is 0.272. The first-order valence-electron chi connectivity index (χ1n) is 9.28. The van der Waals surface area contributed by atoms with Crippen molar-refractivity contribution in [3.8, 4) is 0 Å². The van der Waals surface area contributed by atoms with Crippen molar-refractivity contribution in [3.63, 3.8) is 0 Å². The molecule has 0 saturated carbocycles. The van der Waals surface area contributed by atoms with Gasteiger partial charge >= 0.3 is 26.2 Å². The topological polar surface area (TPSA) is 150 Å². The van der Waals surface area contributed by atoms with Gasteiger partial charge in [0, 0.05) is 26.4 Å². The maximum Gasteiger partial charge on any atom is 3.00 e. The smallest absolute Gasteiger partial charge is 0.541 e. The molecule has 0 spiro atoms. The van der Waals surface area contributed by atoms with E-state index in [2.05, 4.69) is 0 Å². The van der Waals surface area contributed by atoms with Gasteiger partial charge in [-0.1, -0.05) is 19.3 Å². The number of hydrogen-bond acceptors (Lipinski definition) is 10. The van der Waals surface area contributed by atoms with Gasteiger partial charge < -0.3 is 33.7 Å². The first-order chi connectivity index (χ1) is 14.3. The molecule has 0 unspecified atom stereocenters. The molecule has 0 aromatic rings. The molecule has 11 heteroatoms. The Hall–Kier alpha value is -1.26. The summed E-state index contributed by atoms with van der Waals surface area (Å²) in [6.07, 6.45) is 4.03. The standard InChI is InChI=1S/3C6H9O3.C2H6O.Zr/c3*1-2-9-5-6(8)3-4-7;1-2-3;/h3*2-3,5H2,1H3;3H,2H2,1H3;/q3*-1;;+3. The number of ketones is 3. The second-order valence-corrected chi connectivity index (χ2v) is 4.81. The molecule has 177 valence electrons. The molecule has 0 fully saturated rings. The van der Waals surface area contributed by atoms with E-state index in [1.165, 1.54) is 18.9 Å². The van der Waals surface area contributed by atoms with Gasteiger partial charge in [-0.3, -0.25) is 33.2 Å². The number of ether oxygens (including phenoxy) is 3. The van der Waals surface area contributed by atoms with Crippen LogP contribution >= 0.6 is 0 Å². The summed E-state index contributed by atoms with van der Waals surface area (Å²) in [7, 11) is 0. The van der Waals surface area contributed by atoms with Crippen LogP contribution in [0.1, 0.15) is 47.0 Å². The van der Waals surface area contributed by atoms with Crippen molar-refractivity contribution in [1.29, 1.82) is 0 Å². The van der Waals surface area contributed by atoms with Crippen molar-refractivity contribution in [2.45, 2.75) is 47.0 Å². The Morgan fingerprint density at radius 2 is 0.806 bits per heavy atom. The number of aliphatic hydroxyl groups is 1. The molecule has 31 heavy (non-hydrogen) atoms. The van der Waals surface area contributed by atoms with Gasteiger partial charge in [0.2, 0.25) is 0 Å². The van der Waals surface area contributed by atoms with Crippen LogP contribution in [0.5, 0.6) is 0 Å². The van der Waals surface area contributed by atoms with Crippen molar-refractivity contribution in [1.82, 2.24) is 0 Å². The van der Waals surface area contributed by atoms with Crippen LogP contribution in [-0.4, -0.2) is 87.6 Å². The van der Waals surface area contributed by atoms with E-state index in [0.717, 1.165) is 0 Å². The number of hydrogen-bond donors (Lipinski definition) is 1. The van der Waals surface area contributed by atoms with Gasteiger partial charge in [-0.2, -0.15) is 0 Å². The molecule has 0 aromatic heterocycles. The minimum absolute atomic E-state index is 0. The third-order valence-corrected chi connectivity index (χ3v) is 2.21. The Morgan fingerprint density at radius 3 is 0.935 bits per heavy atom. The van der Waals surface area contributed by atoms with E-state index in [-0.39, 0.29) is 89.2 Å². The summed E-state index contributed by atoms with van der Waals surface area (Å²) in [6, 6.07) is 0. The van der Waals surface area contributed by atoms with Gasteiger partial charge in [-0.25, -0.2) is 0 Å². The van der Waals surface area contributed by atoms with Crippen LogP contribution in [0.4, 0.5) is 0 Å². The number of rotatable bonds is 15. The zero-order chi connectivity index (χ0) is 24.0. The van der Waals surface area contributed by atoms with Gasteiger partial charge in [-0.15, -0.1) is 0 Å². The molecule has 0 bridgehead atoms. The number of carbonyl (C=O) groups is 3. The Labute approximate surface area is 203 Å². The SMILES string of the molecule is CCO.CCOCC(=O)C[C-]=O.CCOCC(=O)C[C-]=O.CCOCC(=O)C[C-]=O.[Zr+3]. The fraction of sp³-hybridized carbons (Fsp3) is 0.700. The van der Waals surface area contributed by atoms with E-state index in [1.807, 2.05) is 0 Å². The van der Waals surface area contributed by atoms with Crippen LogP contribution in [0.3, 0.4) is 0 Å². The normalized spacial score (nSPS) is 8.42. The maximum atomic E-state index is 10.4. The summed E-state index contributed by atoms with van der Waals surface area (Å²) in [4.78, 5) is 60.0. The summed E-state index contributed by atoms with van der Waals surface area (Å²) < 4.78 is 14.2. The zero-order valence-corrected chi connectivity index (χ0v) is 21.2. The summed E-state index contributed by atoms with van der Waals surface area (Å²) in [5, 5.41) is 7.57. The molecule has 0 atom stereocenters. The molecule has 0 saturated heterocycles. The third kappa shape index (κ3) is 52.7. The Bertz CT molecular complexity index is 380. The first-order valence-corrected chi connectivity index (χ1v) is 9.28. The molecular weight excluding hydrogens is 491 g/mol. The fourth-order valence-corrected chi connectivity index (χ4v) is 1.04. The largest absolute Gasteiger partial charge is 3.00 e. The van der Waals surface area contributed by atoms with Crippen LogP contribution < -0.4 is 0 Å². The molecule has 0 rings (SSSR count). The van der Waals surface area contributed by atoms with Crippen molar-refractivity contribution in [3.05, 3.63) is 0 Å². The van der Waals surface area contributed by atoms with Crippen molar-refractivity contribution >= 4 is 36.2 Å². The van der Waals surface area contributed by atoms with Crippen molar-refractivity contribution in [2.75, 3.05) is 46.2 Å². The molecule has 0 aromatic carbocycles. The van der Waals surface area contributed by atoms with E-state index in [1.54, 1.807) is 27.7 Å². The van der Waals surface area contributed by atoms with Gasteiger partial charge in [0.25, 0.3) is 0 Å². The Morgan fingerprint density at radius 1 is 0.613 bits per heavy atom. The monoisotopic (exact) mass is 523 g/mol. The van der Waals surface area contributed by atoms with Crippen LogP contribution in [0.15, 0.2) is 0 Å². The van der Waals surface area contributed by atoms with Crippen LogP contribution in [-0.2, 0) is 69.2 Å². The predicted molar refractivity (Wildman–Crippen MR) is 108 cm³/mol. The summed E-state index contributed by atoms with van der Waals surface area (Å²) in [5.41, 5.74) is 0. The van der Waals surface area contributed by atoms with Gasteiger partial charge in [0.1, 0.15) is 37.2 Å². The van der Waals surface area contributed by atoms with Gasteiger partial charge in [0.15, 0.2) is 0 Å². The third-order valence-electron chi connectivity index (χ3n) is 2.21. The van der Waals surface area contributed by atoms with Crippen molar-refractivity contribution < 1.29 is 74.3 Å². The zero-order valence-electron chi connectivity index (χ0n) is 18.7. The van der Waals surface area contributed by atoms with Crippen molar-refractivity contribution in [2.24, 2.45) is 0 Å². The Balaban J connectivity index is -0.000000101. The first kappa shape index (κ1) is 40.1. The summed E-state index contributed by atoms with van der Waals surface area (Å²) >= 11 is 0. The molecule has 0 aliphatic rings. The molecule has 0 aliphatic carbocycles. The second kappa shape index (κ2) is 39.2. The van der Waals surface area contributed by atoms with E-state index in [0.29, 0.717) is 19.8 Å². The van der Waals surface area contributed by atoms with Gasteiger partial charge in [0.05, 0.1) is 0 Å². The molecule has 0 amide bonds. The van der Waals surface area contributed by atoms with Gasteiger partial charge in [-0.05, 0) is 27.7 Å². The molecule has 1 N–H and O–H groups in total. The number of carbonyl (C=O) groups excluding carboxylic acids is 6. The summed E-state index contributed by atoms with van der Waals surface area (Å²) in [5.74, 6) is -0.648. The number of Topliss-reactive ketones (excluding diaryl/α,β-unsaturated/α-hetero) is 3.